The molecule has 5 heteroatoms. The van der Waals surface area contributed by atoms with Gasteiger partial charge in [-0.25, -0.2) is 0 Å². The largest absolute Gasteiger partial charge is 0.506 e. The van der Waals surface area contributed by atoms with Crippen LogP contribution < -0.4 is 5.32 Å². The number of Topliss-reactive ketones (excluding diaryl/α,β-unsaturated/α-hetero) is 1. The maximum absolute atomic E-state index is 13.4. The van der Waals surface area contributed by atoms with E-state index in [9.17, 15) is 14.7 Å². The van der Waals surface area contributed by atoms with Gasteiger partial charge < -0.3 is 10.4 Å². The molecule has 0 saturated heterocycles. The summed E-state index contributed by atoms with van der Waals surface area (Å²) < 4.78 is 0. The number of aromatic hydroxyl groups is 1. The third-order valence-electron chi connectivity index (χ3n) is 7.64. The topological polar surface area (TPSA) is 79.3 Å². The average Bonchev–Trinajstić information content (AvgIpc) is 2.96. The molecule has 1 aliphatic rings. The van der Waals surface area contributed by atoms with Crippen LogP contribution >= 0.6 is 0 Å². The van der Waals surface area contributed by atoms with Crippen LogP contribution in [0.25, 0.3) is 22.0 Å². The molecule has 1 amide bonds. The van der Waals surface area contributed by atoms with Gasteiger partial charge in [-0.3, -0.25) is 14.6 Å². The van der Waals surface area contributed by atoms with Gasteiger partial charge in [0.05, 0.1) is 6.04 Å². The van der Waals surface area contributed by atoms with Crippen molar-refractivity contribution >= 4 is 22.6 Å². The lowest BCUT2D eigenvalue weighted by Crippen LogP contribution is -2.42. The molecule has 0 spiro atoms. The molecule has 0 bridgehead atoms. The first-order valence-electron chi connectivity index (χ1n) is 13.6. The molecule has 1 heterocycles. The maximum Gasteiger partial charge on any atom is 0.251 e. The van der Waals surface area contributed by atoms with E-state index in [0.717, 1.165) is 28.5 Å². The first-order chi connectivity index (χ1) is 18.6. The lowest BCUT2D eigenvalue weighted by atomic mass is 9.85. The van der Waals surface area contributed by atoms with Gasteiger partial charge in [-0.05, 0) is 65.8 Å². The van der Waals surface area contributed by atoms with Gasteiger partial charge >= 0.3 is 0 Å². The van der Waals surface area contributed by atoms with Crippen molar-refractivity contribution in [1.82, 2.24) is 10.3 Å². The van der Waals surface area contributed by atoms with E-state index >= 15 is 0 Å². The number of amides is 1. The van der Waals surface area contributed by atoms with Crippen molar-refractivity contribution in [2.75, 3.05) is 0 Å². The zero-order chi connectivity index (χ0) is 26.3. The Hall–Kier alpha value is -3.99. The molecule has 1 unspecified atom stereocenters. The number of rotatable bonds is 9. The van der Waals surface area contributed by atoms with E-state index in [2.05, 4.69) is 10.3 Å². The van der Waals surface area contributed by atoms with E-state index in [4.69, 9.17) is 0 Å². The van der Waals surface area contributed by atoms with Gasteiger partial charge in [-0.15, -0.1) is 0 Å². The van der Waals surface area contributed by atoms with E-state index in [1.54, 1.807) is 24.4 Å². The Morgan fingerprint density at radius 3 is 2.53 bits per heavy atom. The lowest BCUT2D eigenvalue weighted by Gasteiger charge is -2.23. The molecule has 1 saturated carbocycles. The molecular formula is C33H34N2O3. The second-order valence-electron chi connectivity index (χ2n) is 10.4. The van der Waals surface area contributed by atoms with Crippen molar-refractivity contribution in [1.29, 1.82) is 0 Å². The molecule has 38 heavy (non-hydrogen) atoms. The Kier molecular flexibility index (Phi) is 8.12. The minimum atomic E-state index is -0.576. The number of fused-ring (bicyclic) bond motifs is 1. The number of hydrogen-bond donors (Lipinski definition) is 2. The van der Waals surface area contributed by atoms with Crippen molar-refractivity contribution in [2.45, 2.75) is 57.4 Å². The van der Waals surface area contributed by atoms with Crippen LogP contribution in [0.5, 0.6) is 5.75 Å². The van der Waals surface area contributed by atoms with E-state index in [1.165, 1.54) is 32.1 Å². The third-order valence-corrected chi connectivity index (χ3v) is 7.64. The van der Waals surface area contributed by atoms with Crippen molar-refractivity contribution in [3.63, 3.8) is 0 Å². The minimum Gasteiger partial charge on any atom is -0.506 e. The average molecular weight is 507 g/mol. The van der Waals surface area contributed by atoms with Gasteiger partial charge in [-0.2, -0.15) is 0 Å². The van der Waals surface area contributed by atoms with Crippen LogP contribution in [0.15, 0.2) is 85.1 Å². The fourth-order valence-corrected chi connectivity index (χ4v) is 5.51. The molecule has 5 nitrogen and oxygen atoms in total. The number of ketones is 1. The number of phenolic OH excluding ortho intramolecular Hbond substituents is 1. The highest BCUT2D eigenvalue weighted by Crippen LogP contribution is 2.31. The summed E-state index contributed by atoms with van der Waals surface area (Å²) in [5.74, 6) is 0.534. The van der Waals surface area contributed by atoms with E-state index in [0.29, 0.717) is 29.8 Å². The standard InChI is InChI=1S/C33H34N2O3/c36-30(17-16-23-9-3-1-4-10-23)29(19-24-11-5-2-6-12-24)35-33(38)27-14-7-13-25(20-27)28-21-26-15-8-18-34-32(26)31(37)22-28/h2,5-8,11-15,18,20-23,29,37H,1,3-4,9-10,16-17,19H2,(H,35,38). The first-order valence-corrected chi connectivity index (χ1v) is 13.6. The van der Waals surface area contributed by atoms with Crippen LogP contribution in [0.2, 0.25) is 0 Å². The summed E-state index contributed by atoms with van der Waals surface area (Å²) >= 11 is 0. The van der Waals surface area contributed by atoms with Crippen molar-refractivity contribution in [3.8, 4) is 16.9 Å². The number of phenols is 1. The Balaban J connectivity index is 1.34. The number of nitrogens with one attached hydrogen (secondary N) is 1. The van der Waals surface area contributed by atoms with Crippen LogP contribution in [0, 0.1) is 5.92 Å². The predicted octanol–water partition coefficient (Wildman–Crippen LogP) is 6.88. The molecule has 4 aromatic rings. The van der Waals surface area contributed by atoms with Gasteiger partial charge in [-0.1, -0.05) is 80.6 Å². The molecular weight excluding hydrogens is 472 g/mol. The second-order valence-corrected chi connectivity index (χ2v) is 10.4. The third kappa shape index (κ3) is 6.28. The Morgan fingerprint density at radius 1 is 0.895 bits per heavy atom. The monoisotopic (exact) mass is 506 g/mol. The summed E-state index contributed by atoms with van der Waals surface area (Å²) in [6.45, 7) is 0. The van der Waals surface area contributed by atoms with Gasteiger partial charge in [0.15, 0.2) is 5.78 Å². The Labute approximate surface area is 223 Å². The van der Waals surface area contributed by atoms with Gasteiger partial charge in [0.1, 0.15) is 11.3 Å². The van der Waals surface area contributed by atoms with E-state index < -0.39 is 6.04 Å². The molecule has 3 aromatic carbocycles. The first kappa shape index (κ1) is 25.7. The number of nitrogens with zero attached hydrogens (tertiary/aromatic N) is 1. The predicted molar refractivity (Wildman–Crippen MR) is 151 cm³/mol. The highest BCUT2D eigenvalue weighted by molar-refractivity contribution is 5.99. The Morgan fingerprint density at radius 2 is 1.71 bits per heavy atom. The number of hydrogen-bond acceptors (Lipinski definition) is 4. The van der Waals surface area contributed by atoms with Gasteiger partial charge in [0.25, 0.3) is 5.91 Å². The summed E-state index contributed by atoms with van der Waals surface area (Å²) in [5, 5.41) is 14.3. The summed E-state index contributed by atoms with van der Waals surface area (Å²) in [6.07, 6.45) is 9.73. The summed E-state index contributed by atoms with van der Waals surface area (Å²) in [4.78, 5) is 31.0. The van der Waals surface area contributed by atoms with Crippen LogP contribution in [-0.4, -0.2) is 27.8 Å². The minimum absolute atomic E-state index is 0.0934. The summed E-state index contributed by atoms with van der Waals surface area (Å²) in [5.41, 5.74) is 3.65. The van der Waals surface area contributed by atoms with Crippen LogP contribution in [0.4, 0.5) is 0 Å². The lowest BCUT2D eigenvalue weighted by molar-refractivity contribution is -0.121. The highest BCUT2D eigenvalue weighted by Gasteiger charge is 2.24. The number of pyridine rings is 1. The van der Waals surface area contributed by atoms with Gasteiger partial charge in [0, 0.05) is 23.6 Å². The zero-order valence-electron chi connectivity index (χ0n) is 21.6. The molecule has 1 aromatic heterocycles. The molecule has 0 aliphatic heterocycles. The summed E-state index contributed by atoms with van der Waals surface area (Å²) in [6, 6.07) is 23.9. The molecule has 0 radical (unpaired) electrons. The highest BCUT2D eigenvalue weighted by atomic mass is 16.3. The summed E-state index contributed by atoms with van der Waals surface area (Å²) in [7, 11) is 0. The van der Waals surface area contributed by atoms with Crippen molar-refractivity contribution < 1.29 is 14.7 Å². The second kappa shape index (κ2) is 12.0. The van der Waals surface area contributed by atoms with E-state index in [1.807, 2.05) is 60.7 Å². The number of aromatic nitrogens is 1. The van der Waals surface area contributed by atoms with Gasteiger partial charge in [0.2, 0.25) is 0 Å². The quantitative estimate of drug-likeness (QED) is 0.259. The zero-order valence-corrected chi connectivity index (χ0v) is 21.6. The Bertz CT molecular complexity index is 1410. The molecule has 5 rings (SSSR count). The van der Waals surface area contributed by atoms with E-state index in [-0.39, 0.29) is 17.4 Å². The molecule has 1 atom stereocenters. The number of carbonyl (C=O) groups is 2. The molecule has 2 N–H and O–H groups in total. The fourth-order valence-electron chi connectivity index (χ4n) is 5.51. The normalized spacial score (nSPS) is 14.7. The smallest absolute Gasteiger partial charge is 0.251 e. The molecule has 194 valence electrons. The fraction of sp³-hybridized carbons (Fsp3) is 0.303. The number of carbonyl (C=O) groups excluding carboxylic acids is 2. The SMILES string of the molecule is O=C(NC(Cc1ccccc1)C(=O)CCC1CCCCC1)c1cccc(-c2cc(O)c3ncccc3c2)c1. The van der Waals surface area contributed by atoms with Crippen LogP contribution in [-0.2, 0) is 11.2 Å². The maximum atomic E-state index is 13.4. The molecule has 1 fully saturated rings. The van der Waals surface area contributed by atoms with Crippen LogP contribution in [0.1, 0.15) is 60.9 Å². The molecule has 1 aliphatic carbocycles. The van der Waals surface area contributed by atoms with Crippen molar-refractivity contribution in [2.24, 2.45) is 5.92 Å². The van der Waals surface area contributed by atoms with Crippen molar-refractivity contribution in [3.05, 3.63) is 96.2 Å². The van der Waals surface area contributed by atoms with Crippen LogP contribution in [0.3, 0.4) is 0 Å². The number of benzene rings is 3.